The Hall–Kier alpha value is -2.50. The summed E-state index contributed by atoms with van der Waals surface area (Å²) in [7, 11) is 1.95. The van der Waals surface area contributed by atoms with Crippen molar-refractivity contribution in [3.63, 3.8) is 0 Å². The SMILES string of the molecule is Cn1nccc1N1CCCC(NC(=O)N[C@@H]2C[C@H]2c2ccccc2)C1. The van der Waals surface area contributed by atoms with E-state index in [-0.39, 0.29) is 18.1 Å². The summed E-state index contributed by atoms with van der Waals surface area (Å²) in [6.45, 7) is 1.85. The van der Waals surface area contributed by atoms with E-state index >= 15 is 0 Å². The van der Waals surface area contributed by atoms with Crippen LogP contribution in [0.25, 0.3) is 0 Å². The van der Waals surface area contributed by atoms with Gasteiger partial charge in [0.1, 0.15) is 5.82 Å². The molecule has 0 radical (unpaired) electrons. The maximum atomic E-state index is 12.3. The number of aromatic nitrogens is 2. The molecule has 2 amide bonds. The van der Waals surface area contributed by atoms with Gasteiger partial charge in [0.15, 0.2) is 0 Å². The van der Waals surface area contributed by atoms with E-state index in [1.807, 2.05) is 30.1 Å². The van der Waals surface area contributed by atoms with Crippen molar-refractivity contribution in [2.45, 2.75) is 37.3 Å². The van der Waals surface area contributed by atoms with E-state index in [4.69, 9.17) is 0 Å². The van der Waals surface area contributed by atoms with E-state index < -0.39 is 0 Å². The standard InChI is InChI=1S/C19H25N5O/c1-23-18(9-10-20-23)24-11-5-8-15(13-24)21-19(25)22-17-12-16(17)14-6-3-2-4-7-14/h2-4,6-7,9-10,15-17H,5,8,11-13H2,1H3,(H2,21,22,25)/t15?,16-,17+/m0/s1. The highest BCUT2D eigenvalue weighted by Crippen LogP contribution is 2.40. The largest absolute Gasteiger partial charge is 0.355 e. The predicted octanol–water partition coefficient (Wildman–Crippen LogP) is 2.24. The van der Waals surface area contributed by atoms with Gasteiger partial charge in [-0.3, -0.25) is 4.68 Å². The van der Waals surface area contributed by atoms with Crippen molar-refractivity contribution < 1.29 is 4.79 Å². The van der Waals surface area contributed by atoms with Crippen LogP contribution in [-0.4, -0.2) is 41.0 Å². The topological polar surface area (TPSA) is 62.2 Å². The minimum atomic E-state index is -0.0414. The van der Waals surface area contributed by atoms with Gasteiger partial charge in [0.2, 0.25) is 0 Å². The fourth-order valence-corrected chi connectivity index (χ4v) is 3.80. The molecular formula is C19H25N5O. The van der Waals surface area contributed by atoms with Crippen LogP contribution < -0.4 is 15.5 Å². The van der Waals surface area contributed by atoms with E-state index in [9.17, 15) is 4.79 Å². The molecule has 1 saturated heterocycles. The van der Waals surface area contributed by atoms with Crippen LogP contribution in [0.2, 0.25) is 0 Å². The molecule has 0 bridgehead atoms. The lowest BCUT2D eigenvalue weighted by Gasteiger charge is -2.34. The number of amides is 2. The van der Waals surface area contributed by atoms with Gasteiger partial charge in [-0.25, -0.2) is 4.79 Å². The van der Waals surface area contributed by atoms with Crippen LogP contribution in [0.5, 0.6) is 0 Å². The number of anilines is 1. The number of nitrogens with zero attached hydrogens (tertiary/aromatic N) is 3. The lowest BCUT2D eigenvalue weighted by Crippen LogP contribution is -2.51. The quantitative estimate of drug-likeness (QED) is 0.898. The molecule has 25 heavy (non-hydrogen) atoms. The molecule has 2 aliphatic rings. The van der Waals surface area contributed by atoms with E-state index in [1.165, 1.54) is 5.56 Å². The molecule has 1 unspecified atom stereocenters. The normalized spacial score (nSPS) is 25.5. The van der Waals surface area contributed by atoms with Crippen molar-refractivity contribution in [3.8, 4) is 0 Å². The molecule has 1 aromatic carbocycles. The second kappa shape index (κ2) is 6.78. The van der Waals surface area contributed by atoms with Crippen molar-refractivity contribution in [2.24, 2.45) is 7.05 Å². The molecule has 2 fully saturated rings. The van der Waals surface area contributed by atoms with E-state index in [0.29, 0.717) is 5.92 Å². The first-order valence-electron chi connectivity index (χ1n) is 9.05. The van der Waals surface area contributed by atoms with Crippen molar-refractivity contribution >= 4 is 11.8 Å². The zero-order chi connectivity index (χ0) is 17.2. The van der Waals surface area contributed by atoms with Gasteiger partial charge in [0.25, 0.3) is 0 Å². The molecular weight excluding hydrogens is 314 g/mol. The summed E-state index contributed by atoms with van der Waals surface area (Å²) in [5.74, 6) is 1.57. The van der Waals surface area contributed by atoms with Crippen LogP contribution in [0, 0.1) is 0 Å². The highest BCUT2D eigenvalue weighted by atomic mass is 16.2. The lowest BCUT2D eigenvalue weighted by atomic mass is 10.1. The number of nitrogens with one attached hydrogen (secondary N) is 2. The molecule has 1 aromatic heterocycles. The molecule has 3 atom stereocenters. The summed E-state index contributed by atoms with van der Waals surface area (Å²) in [5.41, 5.74) is 1.31. The number of aryl methyl sites for hydroxylation is 1. The average Bonchev–Trinajstić information content (AvgIpc) is 3.25. The Kier molecular flexibility index (Phi) is 4.34. The highest BCUT2D eigenvalue weighted by molar-refractivity contribution is 5.75. The Bertz CT molecular complexity index is 728. The van der Waals surface area contributed by atoms with Gasteiger partial charge in [-0.05, 0) is 24.8 Å². The second-order valence-corrected chi connectivity index (χ2v) is 7.08. The van der Waals surface area contributed by atoms with E-state index in [0.717, 1.165) is 38.2 Å². The number of rotatable bonds is 4. The fourth-order valence-electron chi connectivity index (χ4n) is 3.80. The highest BCUT2D eigenvalue weighted by Gasteiger charge is 2.39. The van der Waals surface area contributed by atoms with Crippen molar-refractivity contribution in [2.75, 3.05) is 18.0 Å². The number of carbonyl (C=O) groups excluding carboxylic acids is 1. The zero-order valence-electron chi connectivity index (χ0n) is 14.6. The van der Waals surface area contributed by atoms with Gasteiger partial charge in [-0.15, -0.1) is 0 Å². The third kappa shape index (κ3) is 3.62. The van der Waals surface area contributed by atoms with Crippen molar-refractivity contribution in [1.82, 2.24) is 20.4 Å². The molecule has 4 rings (SSSR count). The predicted molar refractivity (Wildman–Crippen MR) is 97.7 cm³/mol. The Morgan fingerprint density at radius 3 is 2.80 bits per heavy atom. The number of urea groups is 1. The summed E-state index contributed by atoms with van der Waals surface area (Å²) in [6.07, 6.45) is 4.94. The molecule has 2 heterocycles. The monoisotopic (exact) mass is 339 g/mol. The summed E-state index contributed by atoms with van der Waals surface area (Å²) in [4.78, 5) is 14.6. The minimum absolute atomic E-state index is 0.0414. The Morgan fingerprint density at radius 1 is 1.20 bits per heavy atom. The van der Waals surface area contributed by atoms with Crippen molar-refractivity contribution in [1.29, 1.82) is 0 Å². The molecule has 1 aliphatic heterocycles. The van der Waals surface area contributed by atoms with Gasteiger partial charge < -0.3 is 15.5 Å². The average molecular weight is 339 g/mol. The van der Waals surface area contributed by atoms with Crippen LogP contribution in [0.4, 0.5) is 10.6 Å². The Morgan fingerprint density at radius 2 is 2.04 bits per heavy atom. The molecule has 1 saturated carbocycles. The summed E-state index contributed by atoms with van der Waals surface area (Å²) in [6, 6.07) is 12.8. The van der Waals surface area contributed by atoms with Crippen LogP contribution in [0.15, 0.2) is 42.6 Å². The molecule has 2 N–H and O–H groups in total. The third-order valence-corrected chi connectivity index (χ3v) is 5.21. The number of piperidine rings is 1. The first-order valence-corrected chi connectivity index (χ1v) is 9.05. The van der Waals surface area contributed by atoms with Crippen molar-refractivity contribution in [3.05, 3.63) is 48.2 Å². The third-order valence-electron chi connectivity index (χ3n) is 5.21. The number of benzene rings is 1. The number of hydrogen-bond donors (Lipinski definition) is 2. The first kappa shape index (κ1) is 16.0. The molecule has 132 valence electrons. The van der Waals surface area contributed by atoms with Crippen LogP contribution in [0.1, 0.15) is 30.7 Å². The number of hydrogen-bond acceptors (Lipinski definition) is 3. The molecule has 2 aromatic rings. The zero-order valence-corrected chi connectivity index (χ0v) is 14.6. The lowest BCUT2D eigenvalue weighted by molar-refractivity contribution is 0.234. The maximum Gasteiger partial charge on any atom is 0.315 e. The van der Waals surface area contributed by atoms with Crippen LogP contribution >= 0.6 is 0 Å². The summed E-state index contributed by atoms with van der Waals surface area (Å²) >= 11 is 0. The smallest absolute Gasteiger partial charge is 0.315 e. The summed E-state index contributed by atoms with van der Waals surface area (Å²) in [5, 5.41) is 10.5. The van der Waals surface area contributed by atoms with Crippen LogP contribution in [0.3, 0.4) is 0 Å². The minimum Gasteiger partial charge on any atom is -0.355 e. The molecule has 6 nitrogen and oxygen atoms in total. The van der Waals surface area contributed by atoms with Gasteiger partial charge >= 0.3 is 6.03 Å². The number of carbonyl (C=O) groups is 1. The molecule has 1 aliphatic carbocycles. The van der Waals surface area contributed by atoms with E-state index in [2.05, 4.69) is 44.9 Å². The van der Waals surface area contributed by atoms with Gasteiger partial charge in [-0.1, -0.05) is 30.3 Å². The van der Waals surface area contributed by atoms with Gasteiger partial charge in [-0.2, -0.15) is 5.10 Å². The first-order chi connectivity index (χ1) is 12.2. The molecule has 6 heteroatoms. The van der Waals surface area contributed by atoms with E-state index in [1.54, 1.807) is 0 Å². The second-order valence-electron chi connectivity index (χ2n) is 7.08. The molecule has 0 spiro atoms. The summed E-state index contributed by atoms with van der Waals surface area (Å²) < 4.78 is 1.89. The van der Waals surface area contributed by atoms with Gasteiger partial charge in [0.05, 0.1) is 6.20 Å². The van der Waals surface area contributed by atoms with Gasteiger partial charge in [0, 0.05) is 44.2 Å². The van der Waals surface area contributed by atoms with Crippen LogP contribution in [-0.2, 0) is 7.05 Å². The fraction of sp³-hybridized carbons (Fsp3) is 0.474. The Labute approximate surface area is 148 Å². The Balaban J connectivity index is 1.28. The maximum absolute atomic E-state index is 12.3.